The molecular formula is C22H29FN2O. The standard InChI is InChI=1S/C22H29FN2O/c1-5-8-20(23)10-7-12-22(26)24-13-19-14-25(15-19)18(4)21-11-6-9-16(2)17(21)3/h5-11,18-19H,1,12-15H2,2-4H3,(H,24,26)/b10-7+,20-8+. The number of nitrogens with zero attached hydrogens (tertiary/aromatic N) is 1. The van der Waals surface area contributed by atoms with Gasteiger partial charge in [0.25, 0.3) is 0 Å². The number of amides is 1. The molecule has 1 saturated heterocycles. The van der Waals surface area contributed by atoms with Crippen LogP contribution in [0.25, 0.3) is 0 Å². The van der Waals surface area contributed by atoms with Crippen LogP contribution >= 0.6 is 0 Å². The van der Waals surface area contributed by atoms with E-state index in [1.54, 1.807) is 0 Å². The molecule has 0 saturated carbocycles. The molecule has 1 unspecified atom stereocenters. The van der Waals surface area contributed by atoms with Crippen molar-refractivity contribution in [1.82, 2.24) is 10.2 Å². The fourth-order valence-corrected chi connectivity index (χ4v) is 3.26. The fraction of sp³-hybridized carbons (Fsp3) is 0.409. The predicted molar refractivity (Wildman–Crippen MR) is 106 cm³/mol. The highest BCUT2D eigenvalue weighted by atomic mass is 19.1. The lowest BCUT2D eigenvalue weighted by Gasteiger charge is -2.44. The Labute approximate surface area is 156 Å². The summed E-state index contributed by atoms with van der Waals surface area (Å²) in [6.07, 6.45) is 5.64. The number of likely N-dealkylation sites (tertiary alicyclic amines) is 1. The third-order valence-corrected chi connectivity index (χ3v) is 5.08. The molecule has 1 aliphatic rings. The summed E-state index contributed by atoms with van der Waals surface area (Å²) < 4.78 is 13.1. The maximum Gasteiger partial charge on any atom is 0.223 e. The van der Waals surface area contributed by atoms with E-state index in [-0.39, 0.29) is 12.3 Å². The van der Waals surface area contributed by atoms with E-state index in [0.29, 0.717) is 18.5 Å². The maximum atomic E-state index is 13.1. The Morgan fingerprint density at radius 1 is 1.42 bits per heavy atom. The summed E-state index contributed by atoms with van der Waals surface area (Å²) >= 11 is 0. The van der Waals surface area contributed by atoms with Crippen LogP contribution in [0.5, 0.6) is 0 Å². The van der Waals surface area contributed by atoms with Gasteiger partial charge in [0.15, 0.2) is 0 Å². The number of allylic oxidation sites excluding steroid dienone is 4. The van der Waals surface area contributed by atoms with Crippen LogP contribution in [0, 0.1) is 19.8 Å². The number of hydrogen-bond acceptors (Lipinski definition) is 2. The monoisotopic (exact) mass is 356 g/mol. The largest absolute Gasteiger partial charge is 0.355 e. The number of carbonyl (C=O) groups is 1. The summed E-state index contributed by atoms with van der Waals surface area (Å²) in [6, 6.07) is 6.86. The van der Waals surface area contributed by atoms with Crippen LogP contribution in [0.15, 0.2) is 54.9 Å². The van der Waals surface area contributed by atoms with Gasteiger partial charge in [0, 0.05) is 38.0 Å². The highest BCUT2D eigenvalue weighted by Gasteiger charge is 2.31. The van der Waals surface area contributed by atoms with E-state index < -0.39 is 5.83 Å². The molecule has 26 heavy (non-hydrogen) atoms. The maximum absolute atomic E-state index is 13.1. The SMILES string of the molecule is C=C/C=C(F)\C=C\CC(=O)NCC1CN(C(C)c2cccc(C)c2C)C1. The number of hydrogen-bond donors (Lipinski definition) is 1. The van der Waals surface area contributed by atoms with Crippen LogP contribution in [0.3, 0.4) is 0 Å². The van der Waals surface area contributed by atoms with Crippen molar-refractivity contribution in [3.05, 3.63) is 71.6 Å². The van der Waals surface area contributed by atoms with Crippen molar-refractivity contribution in [1.29, 1.82) is 0 Å². The van der Waals surface area contributed by atoms with Crippen molar-refractivity contribution in [3.63, 3.8) is 0 Å². The molecular weight excluding hydrogens is 327 g/mol. The Bertz CT molecular complexity index is 702. The Morgan fingerprint density at radius 3 is 2.85 bits per heavy atom. The summed E-state index contributed by atoms with van der Waals surface area (Å²) in [5, 5.41) is 2.93. The van der Waals surface area contributed by atoms with Gasteiger partial charge in [0.2, 0.25) is 5.91 Å². The van der Waals surface area contributed by atoms with Crippen LogP contribution in [0.4, 0.5) is 4.39 Å². The first-order chi connectivity index (χ1) is 12.4. The fourth-order valence-electron chi connectivity index (χ4n) is 3.26. The molecule has 2 rings (SSSR count). The van der Waals surface area contributed by atoms with Crippen molar-refractivity contribution < 1.29 is 9.18 Å². The van der Waals surface area contributed by atoms with Gasteiger partial charge in [-0.05, 0) is 49.6 Å². The molecule has 3 nitrogen and oxygen atoms in total. The summed E-state index contributed by atoms with van der Waals surface area (Å²) in [5.74, 6) is 0.00411. The molecule has 1 aromatic rings. The van der Waals surface area contributed by atoms with Gasteiger partial charge in [0.05, 0.1) is 0 Å². The van der Waals surface area contributed by atoms with Crippen LogP contribution in [0.1, 0.15) is 36.1 Å². The Hall–Kier alpha value is -2.20. The number of rotatable bonds is 8. The van der Waals surface area contributed by atoms with Gasteiger partial charge in [-0.15, -0.1) is 0 Å². The van der Waals surface area contributed by atoms with E-state index in [2.05, 4.69) is 55.8 Å². The first-order valence-electron chi connectivity index (χ1n) is 9.14. The Balaban J connectivity index is 1.72. The molecule has 4 heteroatoms. The topological polar surface area (TPSA) is 32.3 Å². The number of benzene rings is 1. The minimum Gasteiger partial charge on any atom is -0.355 e. The molecule has 1 atom stereocenters. The molecule has 0 aliphatic carbocycles. The lowest BCUT2D eigenvalue weighted by atomic mass is 9.92. The lowest BCUT2D eigenvalue weighted by Crippen LogP contribution is -2.52. The minimum absolute atomic E-state index is 0.0753. The number of nitrogens with one attached hydrogen (secondary N) is 1. The van der Waals surface area contributed by atoms with E-state index in [0.717, 1.165) is 13.1 Å². The summed E-state index contributed by atoms with van der Waals surface area (Å²) in [7, 11) is 0. The predicted octanol–water partition coefficient (Wildman–Crippen LogP) is 4.40. The second-order valence-corrected chi connectivity index (χ2v) is 6.98. The van der Waals surface area contributed by atoms with Crippen LogP contribution < -0.4 is 5.32 Å². The molecule has 1 N–H and O–H groups in total. The smallest absolute Gasteiger partial charge is 0.223 e. The van der Waals surface area contributed by atoms with Gasteiger partial charge >= 0.3 is 0 Å². The number of aryl methyl sites for hydroxylation is 1. The first-order valence-corrected chi connectivity index (χ1v) is 9.14. The van der Waals surface area contributed by atoms with E-state index >= 15 is 0 Å². The van der Waals surface area contributed by atoms with E-state index in [4.69, 9.17) is 0 Å². The van der Waals surface area contributed by atoms with Crippen LogP contribution in [-0.2, 0) is 4.79 Å². The average Bonchev–Trinajstić information content (AvgIpc) is 2.56. The molecule has 1 heterocycles. The third-order valence-electron chi connectivity index (χ3n) is 5.08. The number of halogens is 1. The number of carbonyl (C=O) groups excluding carboxylic acids is 1. The average molecular weight is 356 g/mol. The van der Waals surface area contributed by atoms with Gasteiger partial charge in [0.1, 0.15) is 5.83 Å². The van der Waals surface area contributed by atoms with Crippen molar-refractivity contribution in [2.75, 3.05) is 19.6 Å². The summed E-state index contributed by atoms with van der Waals surface area (Å²) in [5.41, 5.74) is 4.07. The molecule has 0 bridgehead atoms. The van der Waals surface area contributed by atoms with Gasteiger partial charge < -0.3 is 5.32 Å². The zero-order chi connectivity index (χ0) is 19.1. The zero-order valence-electron chi connectivity index (χ0n) is 16.0. The van der Waals surface area contributed by atoms with Crippen molar-refractivity contribution in [2.45, 2.75) is 33.2 Å². The molecule has 1 amide bonds. The molecule has 0 aromatic heterocycles. The summed E-state index contributed by atoms with van der Waals surface area (Å²) in [6.45, 7) is 12.6. The Morgan fingerprint density at radius 2 is 2.15 bits per heavy atom. The van der Waals surface area contributed by atoms with E-state index in [1.165, 1.54) is 41.0 Å². The van der Waals surface area contributed by atoms with Gasteiger partial charge in [-0.3, -0.25) is 9.69 Å². The van der Waals surface area contributed by atoms with E-state index in [1.807, 2.05) is 0 Å². The molecule has 0 radical (unpaired) electrons. The third kappa shape index (κ3) is 5.40. The van der Waals surface area contributed by atoms with E-state index in [9.17, 15) is 9.18 Å². The molecule has 1 aliphatic heterocycles. The van der Waals surface area contributed by atoms with Crippen LogP contribution in [-0.4, -0.2) is 30.4 Å². The van der Waals surface area contributed by atoms with Crippen molar-refractivity contribution in [2.24, 2.45) is 5.92 Å². The highest BCUT2D eigenvalue weighted by molar-refractivity contribution is 5.77. The molecule has 140 valence electrons. The minimum atomic E-state index is -0.400. The van der Waals surface area contributed by atoms with Gasteiger partial charge in [-0.25, -0.2) is 4.39 Å². The molecule has 1 aromatic carbocycles. The summed E-state index contributed by atoms with van der Waals surface area (Å²) in [4.78, 5) is 14.2. The second kappa shape index (κ2) is 9.48. The normalized spacial score (nSPS) is 17.2. The quantitative estimate of drug-likeness (QED) is 0.700. The zero-order valence-corrected chi connectivity index (χ0v) is 16.0. The molecule has 1 fully saturated rings. The highest BCUT2D eigenvalue weighted by Crippen LogP contribution is 2.30. The van der Waals surface area contributed by atoms with Crippen molar-refractivity contribution in [3.8, 4) is 0 Å². The first kappa shape index (κ1) is 20.1. The molecule has 0 spiro atoms. The second-order valence-electron chi connectivity index (χ2n) is 6.98. The van der Waals surface area contributed by atoms with Crippen molar-refractivity contribution >= 4 is 5.91 Å². The van der Waals surface area contributed by atoms with Gasteiger partial charge in [-0.1, -0.05) is 36.9 Å². The van der Waals surface area contributed by atoms with Gasteiger partial charge in [-0.2, -0.15) is 0 Å². The van der Waals surface area contributed by atoms with Crippen LogP contribution in [0.2, 0.25) is 0 Å². The Kier molecular flexibility index (Phi) is 7.34. The lowest BCUT2D eigenvalue weighted by molar-refractivity contribution is -0.120.